The van der Waals surface area contributed by atoms with Crippen molar-refractivity contribution in [2.24, 2.45) is 4.99 Å². The normalized spacial score (nSPS) is 14.8. The first kappa shape index (κ1) is 24.9. The lowest BCUT2D eigenvalue weighted by Crippen LogP contribution is -2.39. The predicted octanol–water partition coefficient (Wildman–Crippen LogP) is 3.33. The minimum atomic E-state index is 0. The van der Waals surface area contributed by atoms with Crippen LogP contribution in [-0.2, 0) is 17.7 Å². The van der Waals surface area contributed by atoms with Gasteiger partial charge in [0.15, 0.2) is 5.96 Å². The van der Waals surface area contributed by atoms with Crippen molar-refractivity contribution in [1.82, 2.24) is 15.1 Å². The van der Waals surface area contributed by atoms with Gasteiger partial charge in [0.1, 0.15) is 12.4 Å². The van der Waals surface area contributed by atoms with Crippen LogP contribution in [0.1, 0.15) is 10.4 Å². The van der Waals surface area contributed by atoms with E-state index in [1.54, 1.807) is 11.3 Å². The van der Waals surface area contributed by atoms with Crippen molar-refractivity contribution in [3.05, 3.63) is 52.2 Å². The smallest absolute Gasteiger partial charge is 0.193 e. The average molecular weight is 545 g/mol. The second-order valence-electron chi connectivity index (χ2n) is 7.06. The third-order valence-electron chi connectivity index (χ3n) is 5.03. The first-order valence-electron chi connectivity index (χ1n) is 10.2. The van der Waals surface area contributed by atoms with Gasteiger partial charge in [0.05, 0.1) is 13.2 Å². The molecule has 2 aromatic rings. The van der Waals surface area contributed by atoms with E-state index in [0.29, 0.717) is 13.2 Å². The Hall–Kier alpha value is -1.36. The Labute approximate surface area is 201 Å². The standard InChI is InChI=1S/C22H32N4O2S.HI/c1-23-22(25(2)10-9-20-7-5-17-29-20)24-18-19-6-3-4-8-21(19)28-16-13-26-11-14-27-15-12-26;/h3-8,17H,9-16,18H2,1-2H3,(H,23,24);1H. The molecule has 0 radical (unpaired) electrons. The van der Waals surface area contributed by atoms with Gasteiger partial charge in [-0.3, -0.25) is 9.89 Å². The van der Waals surface area contributed by atoms with Crippen LogP contribution in [0.5, 0.6) is 5.75 Å². The second-order valence-corrected chi connectivity index (χ2v) is 8.09. The molecule has 1 aromatic heterocycles. The molecule has 0 unspecified atom stereocenters. The maximum atomic E-state index is 6.09. The van der Waals surface area contributed by atoms with Crippen molar-refractivity contribution in [2.75, 3.05) is 60.1 Å². The van der Waals surface area contributed by atoms with Crippen LogP contribution in [-0.4, -0.2) is 75.9 Å². The van der Waals surface area contributed by atoms with Crippen LogP contribution in [0.4, 0.5) is 0 Å². The molecular formula is C22H33IN4O2S. The summed E-state index contributed by atoms with van der Waals surface area (Å²) in [5.41, 5.74) is 1.14. The summed E-state index contributed by atoms with van der Waals surface area (Å²) in [7, 11) is 3.91. The van der Waals surface area contributed by atoms with Gasteiger partial charge in [0.2, 0.25) is 0 Å². The lowest BCUT2D eigenvalue weighted by molar-refractivity contribution is 0.0322. The van der Waals surface area contributed by atoms with Crippen LogP contribution in [0.3, 0.4) is 0 Å². The summed E-state index contributed by atoms with van der Waals surface area (Å²) >= 11 is 1.80. The predicted molar refractivity (Wildman–Crippen MR) is 135 cm³/mol. The average Bonchev–Trinajstić information content (AvgIpc) is 3.28. The molecule has 0 atom stereocenters. The fraction of sp³-hybridized carbons (Fsp3) is 0.500. The van der Waals surface area contributed by atoms with Crippen LogP contribution in [0.2, 0.25) is 0 Å². The molecule has 1 N–H and O–H groups in total. The van der Waals surface area contributed by atoms with Gasteiger partial charge in [-0.05, 0) is 23.9 Å². The molecular weight excluding hydrogens is 511 g/mol. The third kappa shape index (κ3) is 8.05. The number of morpholine rings is 1. The number of rotatable bonds is 9. The number of aliphatic imine (C=N–C) groups is 1. The lowest BCUT2D eigenvalue weighted by atomic mass is 10.2. The van der Waals surface area contributed by atoms with Crippen LogP contribution < -0.4 is 10.1 Å². The quantitative estimate of drug-likeness (QED) is 0.298. The molecule has 8 heteroatoms. The fourth-order valence-electron chi connectivity index (χ4n) is 3.30. The maximum Gasteiger partial charge on any atom is 0.193 e. The number of ether oxygens (including phenoxy) is 2. The van der Waals surface area contributed by atoms with Crippen LogP contribution in [0.25, 0.3) is 0 Å². The summed E-state index contributed by atoms with van der Waals surface area (Å²) < 4.78 is 11.5. The molecule has 3 rings (SSSR count). The summed E-state index contributed by atoms with van der Waals surface area (Å²) in [6, 6.07) is 12.5. The van der Waals surface area contributed by atoms with Gasteiger partial charge in [0.25, 0.3) is 0 Å². The van der Waals surface area contributed by atoms with E-state index in [0.717, 1.165) is 63.1 Å². The molecule has 0 saturated carbocycles. The van der Waals surface area contributed by atoms with Crippen molar-refractivity contribution < 1.29 is 9.47 Å². The van der Waals surface area contributed by atoms with Crippen molar-refractivity contribution in [3.8, 4) is 5.75 Å². The second kappa shape index (κ2) is 13.8. The van der Waals surface area contributed by atoms with Gasteiger partial charge in [-0.25, -0.2) is 0 Å². The molecule has 2 heterocycles. The largest absolute Gasteiger partial charge is 0.492 e. The van der Waals surface area contributed by atoms with Gasteiger partial charge >= 0.3 is 0 Å². The minimum absolute atomic E-state index is 0. The molecule has 1 saturated heterocycles. The number of hydrogen-bond acceptors (Lipinski definition) is 5. The number of nitrogens with zero attached hydrogens (tertiary/aromatic N) is 3. The molecule has 30 heavy (non-hydrogen) atoms. The highest BCUT2D eigenvalue weighted by molar-refractivity contribution is 14.0. The summed E-state index contributed by atoms with van der Waals surface area (Å²) in [5, 5.41) is 5.59. The first-order valence-corrected chi connectivity index (χ1v) is 11.1. The number of thiophene rings is 1. The maximum absolute atomic E-state index is 6.09. The molecule has 1 aliphatic heterocycles. The van der Waals surface area contributed by atoms with E-state index in [4.69, 9.17) is 9.47 Å². The molecule has 0 aliphatic carbocycles. The van der Waals surface area contributed by atoms with Crippen LogP contribution >= 0.6 is 35.3 Å². The highest BCUT2D eigenvalue weighted by Crippen LogP contribution is 2.18. The topological polar surface area (TPSA) is 49.3 Å². The summed E-state index contributed by atoms with van der Waals surface area (Å²) in [6.07, 6.45) is 1.02. The van der Waals surface area contributed by atoms with Crippen molar-refractivity contribution in [1.29, 1.82) is 0 Å². The van der Waals surface area contributed by atoms with Gasteiger partial charge < -0.3 is 19.7 Å². The fourth-order valence-corrected chi connectivity index (χ4v) is 4.00. The Morgan fingerprint density at radius 3 is 2.77 bits per heavy atom. The number of nitrogens with one attached hydrogen (secondary N) is 1. The monoisotopic (exact) mass is 544 g/mol. The Kier molecular flexibility index (Phi) is 11.5. The Balaban J connectivity index is 0.00000320. The van der Waals surface area contributed by atoms with Gasteiger partial charge in [-0.2, -0.15) is 0 Å². The number of para-hydroxylation sites is 1. The molecule has 166 valence electrons. The van der Waals surface area contributed by atoms with Gasteiger partial charge in [-0.15, -0.1) is 35.3 Å². The zero-order valence-corrected chi connectivity index (χ0v) is 21.0. The zero-order valence-electron chi connectivity index (χ0n) is 17.9. The molecule has 1 fully saturated rings. The molecule has 0 spiro atoms. The third-order valence-corrected chi connectivity index (χ3v) is 5.96. The number of guanidine groups is 1. The molecule has 0 bridgehead atoms. The van der Waals surface area contributed by atoms with E-state index in [9.17, 15) is 0 Å². The van der Waals surface area contributed by atoms with Crippen LogP contribution in [0.15, 0.2) is 46.8 Å². The summed E-state index contributed by atoms with van der Waals surface area (Å²) in [5.74, 6) is 1.83. The molecule has 1 aromatic carbocycles. The summed E-state index contributed by atoms with van der Waals surface area (Å²) in [4.78, 5) is 10.4. The Morgan fingerprint density at radius 2 is 2.03 bits per heavy atom. The van der Waals surface area contributed by atoms with Gasteiger partial charge in [0, 0.05) is 57.3 Å². The van der Waals surface area contributed by atoms with E-state index >= 15 is 0 Å². The number of benzene rings is 1. The van der Waals surface area contributed by atoms with E-state index in [1.807, 2.05) is 19.2 Å². The van der Waals surface area contributed by atoms with Crippen LogP contribution in [0, 0.1) is 0 Å². The molecule has 1 aliphatic rings. The number of halogens is 1. The highest BCUT2D eigenvalue weighted by atomic mass is 127. The Morgan fingerprint density at radius 1 is 1.23 bits per heavy atom. The molecule has 0 amide bonds. The van der Waals surface area contributed by atoms with E-state index in [2.05, 4.69) is 56.8 Å². The van der Waals surface area contributed by atoms with E-state index < -0.39 is 0 Å². The SMILES string of the molecule is CN=C(NCc1ccccc1OCCN1CCOCC1)N(C)CCc1cccs1.I. The van der Waals surface area contributed by atoms with Crippen molar-refractivity contribution in [3.63, 3.8) is 0 Å². The first-order chi connectivity index (χ1) is 14.3. The minimum Gasteiger partial charge on any atom is -0.492 e. The number of likely N-dealkylation sites (N-methyl/N-ethyl adjacent to an activating group) is 1. The Bertz CT molecular complexity index is 751. The molecule has 6 nitrogen and oxygen atoms in total. The van der Waals surface area contributed by atoms with E-state index in [-0.39, 0.29) is 24.0 Å². The lowest BCUT2D eigenvalue weighted by Gasteiger charge is -2.26. The van der Waals surface area contributed by atoms with E-state index in [1.165, 1.54) is 4.88 Å². The van der Waals surface area contributed by atoms with Crippen molar-refractivity contribution >= 4 is 41.3 Å². The van der Waals surface area contributed by atoms with Gasteiger partial charge in [-0.1, -0.05) is 24.3 Å². The number of hydrogen-bond donors (Lipinski definition) is 1. The zero-order chi connectivity index (χ0) is 20.3. The summed E-state index contributed by atoms with van der Waals surface area (Å²) in [6.45, 7) is 6.84. The highest BCUT2D eigenvalue weighted by Gasteiger charge is 2.11. The van der Waals surface area contributed by atoms with Crippen molar-refractivity contribution in [2.45, 2.75) is 13.0 Å².